The SMILES string of the molecule is [N-]=[N+]=Nc1ccc(C(=O)OC(=O)C2(S(=O)(=O)O)CC(=O)N(O)C2=O)cc1. The van der Waals surface area contributed by atoms with Gasteiger partial charge in [0, 0.05) is 10.6 Å². The molecule has 1 saturated heterocycles. The van der Waals surface area contributed by atoms with E-state index in [1.54, 1.807) is 0 Å². The van der Waals surface area contributed by atoms with Crippen molar-refractivity contribution < 1.29 is 42.1 Å². The molecule has 1 unspecified atom stereocenters. The number of amides is 2. The Morgan fingerprint density at radius 1 is 1.27 bits per heavy atom. The number of benzene rings is 1. The van der Waals surface area contributed by atoms with E-state index in [4.69, 9.17) is 5.53 Å². The van der Waals surface area contributed by atoms with Crippen LogP contribution in [0.4, 0.5) is 5.69 Å². The average Bonchev–Trinajstić information content (AvgIpc) is 2.80. The number of hydrogen-bond acceptors (Lipinski definition) is 9. The molecule has 1 aliphatic heterocycles. The minimum atomic E-state index is -5.57. The molecular formula is C12H8N4O9S. The van der Waals surface area contributed by atoms with Gasteiger partial charge in [0.05, 0.1) is 12.0 Å². The second-order valence-electron chi connectivity index (χ2n) is 4.90. The van der Waals surface area contributed by atoms with Crippen LogP contribution in [-0.4, -0.2) is 51.7 Å². The van der Waals surface area contributed by atoms with Crippen LogP contribution in [0.1, 0.15) is 16.8 Å². The average molecular weight is 384 g/mol. The molecule has 14 heteroatoms. The number of nitrogens with zero attached hydrogens (tertiary/aromatic N) is 4. The van der Waals surface area contributed by atoms with Crippen LogP contribution in [0.5, 0.6) is 0 Å². The number of imide groups is 1. The number of hydrogen-bond donors (Lipinski definition) is 2. The van der Waals surface area contributed by atoms with E-state index in [0.717, 1.165) is 12.1 Å². The largest absolute Gasteiger partial charge is 0.388 e. The van der Waals surface area contributed by atoms with E-state index in [2.05, 4.69) is 14.8 Å². The van der Waals surface area contributed by atoms with Crippen LogP contribution in [0.15, 0.2) is 29.4 Å². The van der Waals surface area contributed by atoms with Gasteiger partial charge in [-0.1, -0.05) is 17.2 Å². The Labute approximate surface area is 144 Å². The first-order valence-electron chi connectivity index (χ1n) is 6.49. The zero-order chi connectivity index (χ0) is 19.7. The zero-order valence-corrected chi connectivity index (χ0v) is 13.3. The van der Waals surface area contributed by atoms with E-state index in [0.29, 0.717) is 0 Å². The molecule has 2 N–H and O–H groups in total. The topological polar surface area (TPSA) is 204 Å². The van der Waals surface area contributed by atoms with Crippen molar-refractivity contribution in [3.8, 4) is 0 Å². The lowest BCUT2D eigenvalue weighted by atomic mass is 10.1. The van der Waals surface area contributed by atoms with E-state index in [-0.39, 0.29) is 11.3 Å². The fourth-order valence-corrected chi connectivity index (χ4v) is 2.92. The third-order valence-corrected chi connectivity index (χ3v) is 4.76. The molecule has 1 fully saturated rings. The molecular weight excluding hydrogens is 376 g/mol. The quantitative estimate of drug-likeness (QED) is 0.105. The van der Waals surface area contributed by atoms with E-state index >= 15 is 0 Å². The van der Waals surface area contributed by atoms with Crippen molar-refractivity contribution in [3.63, 3.8) is 0 Å². The van der Waals surface area contributed by atoms with Gasteiger partial charge in [-0.3, -0.25) is 19.3 Å². The maximum atomic E-state index is 12.1. The van der Waals surface area contributed by atoms with Gasteiger partial charge in [-0.15, -0.1) is 0 Å². The summed E-state index contributed by atoms with van der Waals surface area (Å²) in [6.07, 6.45) is -1.44. The molecule has 0 saturated carbocycles. The zero-order valence-electron chi connectivity index (χ0n) is 12.5. The summed E-state index contributed by atoms with van der Waals surface area (Å²) in [5.74, 6) is -6.93. The molecule has 1 aromatic rings. The molecule has 13 nitrogen and oxygen atoms in total. The van der Waals surface area contributed by atoms with E-state index in [9.17, 15) is 37.4 Å². The highest BCUT2D eigenvalue weighted by Crippen LogP contribution is 2.32. The van der Waals surface area contributed by atoms with E-state index in [1.807, 2.05) is 0 Å². The second kappa shape index (κ2) is 6.53. The summed E-state index contributed by atoms with van der Waals surface area (Å²) in [7, 11) is -5.57. The van der Waals surface area contributed by atoms with Crippen LogP contribution >= 0.6 is 0 Å². The summed E-state index contributed by atoms with van der Waals surface area (Å²) in [4.78, 5) is 49.7. The summed E-state index contributed by atoms with van der Waals surface area (Å²) >= 11 is 0. The lowest BCUT2D eigenvalue weighted by Crippen LogP contribution is -2.53. The molecule has 2 amide bonds. The fourth-order valence-electron chi connectivity index (χ4n) is 2.06. The Bertz CT molecular complexity index is 965. The number of rotatable bonds is 4. The van der Waals surface area contributed by atoms with Crippen molar-refractivity contribution in [1.82, 2.24) is 5.06 Å². The van der Waals surface area contributed by atoms with Gasteiger partial charge >= 0.3 is 11.9 Å². The van der Waals surface area contributed by atoms with Crippen LogP contribution in [0.25, 0.3) is 10.4 Å². The minimum Gasteiger partial charge on any atom is -0.388 e. The standard InChI is InChI=1S/C12H8N4O9S/c13-15-14-7-3-1-6(2-4-7)9(18)25-11(20)12(26(22,23)24)5-8(17)16(21)10(12)19/h1-4,21H,5H2,(H,22,23,24). The highest BCUT2D eigenvalue weighted by atomic mass is 32.2. The normalized spacial score (nSPS) is 19.8. The van der Waals surface area contributed by atoms with Gasteiger partial charge in [-0.25, -0.2) is 9.59 Å². The molecule has 0 bridgehead atoms. The lowest BCUT2D eigenvalue weighted by Gasteiger charge is -2.19. The molecule has 1 atom stereocenters. The number of ether oxygens (including phenoxy) is 1. The molecule has 0 aliphatic carbocycles. The smallest absolute Gasteiger partial charge is 0.348 e. The maximum absolute atomic E-state index is 12.1. The molecule has 0 spiro atoms. The van der Waals surface area contributed by atoms with E-state index < -0.39 is 50.1 Å². The lowest BCUT2D eigenvalue weighted by molar-refractivity contribution is -0.172. The van der Waals surface area contributed by atoms with Crippen molar-refractivity contribution >= 4 is 39.6 Å². The van der Waals surface area contributed by atoms with Crippen molar-refractivity contribution in [1.29, 1.82) is 0 Å². The first kappa shape index (κ1) is 19.0. The van der Waals surface area contributed by atoms with Gasteiger partial charge in [-0.2, -0.15) is 13.5 Å². The highest BCUT2D eigenvalue weighted by molar-refractivity contribution is 7.89. The molecule has 136 valence electrons. The van der Waals surface area contributed by atoms with Crippen molar-refractivity contribution in [2.45, 2.75) is 11.2 Å². The first-order chi connectivity index (χ1) is 12.0. The minimum absolute atomic E-state index is 0.122. The Hall–Kier alpha value is -3.32. The van der Waals surface area contributed by atoms with Gasteiger partial charge < -0.3 is 4.74 Å². The first-order valence-corrected chi connectivity index (χ1v) is 7.93. The number of azide groups is 1. The summed E-state index contributed by atoms with van der Waals surface area (Å²) < 4.78 is 33.1. The third kappa shape index (κ3) is 3.00. The Morgan fingerprint density at radius 3 is 2.27 bits per heavy atom. The fraction of sp³-hybridized carbons (Fsp3) is 0.167. The van der Waals surface area contributed by atoms with Crippen LogP contribution in [0.2, 0.25) is 0 Å². The van der Waals surface area contributed by atoms with Crippen LogP contribution < -0.4 is 0 Å². The van der Waals surface area contributed by atoms with Crippen LogP contribution in [-0.2, 0) is 29.2 Å². The molecule has 1 aliphatic rings. The van der Waals surface area contributed by atoms with Crippen molar-refractivity contribution in [2.75, 3.05) is 0 Å². The molecule has 0 radical (unpaired) electrons. The summed E-state index contributed by atoms with van der Waals surface area (Å²) in [6.45, 7) is 0. The Morgan fingerprint density at radius 2 is 1.85 bits per heavy atom. The van der Waals surface area contributed by atoms with Crippen LogP contribution in [0.3, 0.4) is 0 Å². The predicted octanol–water partition coefficient (Wildman–Crippen LogP) is 0.0865. The second-order valence-corrected chi connectivity index (χ2v) is 6.55. The van der Waals surface area contributed by atoms with Gasteiger partial charge in [0.15, 0.2) is 0 Å². The van der Waals surface area contributed by atoms with E-state index in [1.165, 1.54) is 12.1 Å². The predicted molar refractivity (Wildman–Crippen MR) is 78.2 cm³/mol. The molecule has 0 aromatic heterocycles. The maximum Gasteiger partial charge on any atom is 0.348 e. The van der Waals surface area contributed by atoms with Gasteiger partial charge in [0.25, 0.3) is 26.7 Å². The summed E-state index contributed by atoms with van der Waals surface area (Å²) in [5.41, 5.74) is 8.10. The highest BCUT2D eigenvalue weighted by Gasteiger charge is 2.67. The van der Waals surface area contributed by atoms with Gasteiger partial charge in [-0.05, 0) is 17.7 Å². The van der Waals surface area contributed by atoms with Crippen LogP contribution in [0, 0.1) is 0 Å². The number of esters is 2. The molecule has 2 rings (SSSR count). The Kier molecular flexibility index (Phi) is 4.77. The van der Waals surface area contributed by atoms with Gasteiger partial charge in [0.2, 0.25) is 0 Å². The Balaban J connectivity index is 2.34. The van der Waals surface area contributed by atoms with Crippen molar-refractivity contribution in [2.24, 2.45) is 5.11 Å². The molecule has 1 aromatic carbocycles. The molecule has 1 heterocycles. The summed E-state index contributed by atoms with van der Waals surface area (Å²) in [6, 6.07) is 4.50. The van der Waals surface area contributed by atoms with Crippen molar-refractivity contribution in [3.05, 3.63) is 40.3 Å². The molecule has 26 heavy (non-hydrogen) atoms. The third-order valence-electron chi connectivity index (χ3n) is 3.39. The number of carbonyl (C=O) groups excluding carboxylic acids is 4. The monoisotopic (exact) mass is 384 g/mol. The summed E-state index contributed by atoms with van der Waals surface area (Å²) in [5, 5.41) is 11.7. The number of hydroxylamine groups is 2. The number of carbonyl (C=O) groups is 4. The van der Waals surface area contributed by atoms with Gasteiger partial charge in [0.1, 0.15) is 0 Å².